The van der Waals surface area contributed by atoms with E-state index in [1.807, 2.05) is 0 Å². The van der Waals surface area contributed by atoms with Gasteiger partial charge in [-0.1, -0.05) is 28.6 Å². The van der Waals surface area contributed by atoms with E-state index in [1.54, 1.807) is 6.07 Å². The highest BCUT2D eigenvalue weighted by atomic mass is 79.9. The van der Waals surface area contributed by atoms with Gasteiger partial charge in [0, 0.05) is 11.5 Å². The monoisotopic (exact) mass is 313 g/mol. The summed E-state index contributed by atoms with van der Waals surface area (Å²) >= 11 is 3.18. The largest absolute Gasteiger partial charge is 0.478 e. The molecule has 0 heterocycles. The van der Waals surface area contributed by atoms with Gasteiger partial charge < -0.3 is 9.84 Å². The Morgan fingerprint density at radius 3 is 2.78 bits per heavy atom. The lowest BCUT2D eigenvalue weighted by molar-refractivity contribution is 0.0697. The van der Waals surface area contributed by atoms with E-state index in [2.05, 4.69) is 22.5 Å². The van der Waals surface area contributed by atoms with Crippen molar-refractivity contribution in [2.24, 2.45) is 0 Å². The van der Waals surface area contributed by atoms with Crippen LogP contribution >= 0.6 is 15.9 Å². The number of nitrogens with zero attached hydrogens (tertiary/aromatic N) is 1. The standard InChI is InChI=1S/C12H12BrNO4/c1-3-6-18-12(17)14(2)10-5-4-8(13)7-9(10)11(15)16/h3-5,7H,1,6H2,2H3,(H,15,16). The molecule has 0 aliphatic heterocycles. The fourth-order valence-corrected chi connectivity index (χ4v) is 1.66. The van der Waals surface area contributed by atoms with Crippen LogP contribution in [0.15, 0.2) is 35.3 Å². The molecule has 0 radical (unpaired) electrons. The van der Waals surface area contributed by atoms with E-state index in [0.29, 0.717) is 4.47 Å². The van der Waals surface area contributed by atoms with Crippen LogP contribution < -0.4 is 4.90 Å². The van der Waals surface area contributed by atoms with Crippen LogP contribution in [0.3, 0.4) is 0 Å². The van der Waals surface area contributed by atoms with Crippen molar-refractivity contribution in [3.63, 3.8) is 0 Å². The Morgan fingerprint density at radius 2 is 2.22 bits per heavy atom. The summed E-state index contributed by atoms with van der Waals surface area (Å²) in [5.41, 5.74) is 0.280. The molecular weight excluding hydrogens is 302 g/mol. The Hall–Kier alpha value is -1.82. The molecule has 1 aromatic rings. The minimum Gasteiger partial charge on any atom is -0.478 e. The predicted octanol–water partition coefficient (Wildman–Crippen LogP) is 2.91. The van der Waals surface area contributed by atoms with E-state index < -0.39 is 12.1 Å². The van der Waals surface area contributed by atoms with Crippen molar-refractivity contribution in [2.45, 2.75) is 0 Å². The summed E-state index contributed by atoms with van der Waals surface area (Å²) in [5.74, 6) is -1.12. The number of hydrogen-bond donors (Lipinski definition) is 1. The number of carboxylic acid groups (broad SMARTS) is 1. The summed E-state index contributed by atoms with van der Waals surface area (Å²) in [4.78, 5) is 23.9. The van der Waals surface area contributed by atoms with Gasteiger partial charge in [-0.25, -0.2) is 9.59 Å². The molecule has 0 unspecified atom stereocenters. The van der Waals surface area contributed by atoms with Crippen molar-refractivity contribution >= 4 is 33.7 Å². The van der Waals surface area contributed by atoms with Gasteiger partial charge in [-0.15, -0.1) is 0 Å². The highest BCUT2D eigenvalue weighted by molar-refractivity contribution is 9.10. The molecule has 0 spiro atoms. The number of halogens is 1. The molecule has 0 bridgehead atoms. The van der Waals surface area contributed by atoms with E-state index >= 15 is 0 Å². The molecule has 1 N–H and O–H groups in total. The van der Waals surface area contributed by atoms with E-state index in [4.69, 9.17) is 9.84 Å². The third-order valence-corrected chi connectivity index (χ3v) is 2.64. The summed E-state index contributed by atoms with van der Waals surface area (Å²) in [6.45, 7) is 3.50. The van der Waals surface area contributed by atoms with Gasteiger partial charge in [0.05, 0.1) is 11.3 Å². The first-order chi connectivity index (χ1) is 8.47. The van der Waals surface area contributed by atoms with Crippen molar-refractivity contribution < 1.29 is 19.4 Å². The number of benzene rings is 1. The number of rotatable bonds is 4. The van der Waals surface area contributed by atoms with Crippen LogP contribution in [-0.4, -0.2) is 30.8 Å². The zero-order valence-electron chi connectivity index (χ0n) is 9.72. The van der Waals surface area contributed by atoms with Gasteiger partial charge in [-0.05, 0) is 18.2 Å². The molecule has 0 fully saturated rings. The van der Waals surface area contributed by atoms with Crippen molar-refractivity contribution in [1.29, 1.82) is 0 Å². The number of amides is 1. The normalized spacial score (nSPS) is 9.67. The lowest BCUT2D eigenvalue weighted by Crippen LogP contribution is -2.28. The molecule has 0 aliphatic carbocycles. The van der Waals surface area contributed by atoms with Crippen LogP contribution in [0.1, 0.15) is 10.4 Å². The molecule has 0 saturated carbocycles. The van der Waals surface area contributed by atoms with Gasteiger partial charge in [0.25, 0.3) is 0 Å². The number of carbonyl (C=O) groups is 2. The number of anilines is 1. The molecule has 6 heteroatoms. The fourth-order valence-electron chi connectivity index (χ4n) is 1.30. The summed E-state index contributed by atoms with van der Waals surface area (Å²) in [6.07, 6.45) is 0.797. The molecule has 0 aliphatic rings. The van der Waals surface area contributed by atoms with Crippen LogP contribution in [0.25, 0.3) is 0 Å². The second-order valence-corrected chi connectivity index (χ2v) is 4.31. The van der Waals surface area contributed by atoms with Gasteiger partial charge in [-0.3, -0.25) is 4.90 Å². The van der Waals surface area contributed by atoms with Gasteiger partial charge in [0.2, 0.25) is 0 Å². The maximum Gasteiger partial charge on any atom is 0.414 e. The smallest absolute Gasteiger partial charge is 0.414 e. The quantitative estimate of drug-likeness (QED) is 0.868. The average Bonchev–Trinajstić information content (AvgIpc) is 2.34. The first-order valence-corrected chi connectivity index (χ1v) is 5.81. The van der Waals surface area contributed by atoms with Crippen molar-refractivity contribution in [2.75, 3.05) is 18.6 Å². The van der Waals surface area contributed by atoms with E-state index in [9.17, 15) is 9.59 Å². The SMILES string of the molecule is C=CCOC(=O)N(C)c1ccc(Br)cc1C(=O)O. The van der Waals surface area contributed by atoms with Gasteiger partial charge >= 0.3 is 12.1 Å². The molecule has 5 nitrogen and oxygen atoms in total. The molecule has 0 aromatic heterocycles. The van der Waals surface area contributed by atoms with Crippen molar-refractivity contribution in [3.8, 4) is 0 Å². The first-order valence-electron chi connectivity index (χ1n) is 5.01. The fraction of sp³-hybridized carbons (Fsp3) is 0.167. The Kier molecular flexibility index (Phi) is 4.91. The Morgan fingerprint density at radius 1 is 1.56 bits per heavy atom. The number of carbonyl (C=O) groups excluding carboxylic acids is 1. The minimum atomic E-state index is -1.12. The zero-order chi connectivity index (χ0) is 13.7. The lowest BCUT2D eigenvalue weighted by Gasteiger charge is -2.18. The van der Waals surface area contributed by atoms with Gasteiger partial charge in [-0.2, -0.15) is 0 Å². The second-order valence-electron chi connectivity index (χ2n) is 3.39. The first kappa shape index (κ1) is 14.2. The zero-order valence-corrected chi connectivity index (χ0v) is 11.3. The lowest BCUT2D eigenvalue weighted by atomic mass is 10.1. The van der Waals surface area contributed by atoms with Crippen LogP contribution in [-0.2, 0) is 4.74 Å². The summed E-state index contributed by atoms with van der Waals surface area (Å²) in [7, 11) is 1.45. The Bertz CT molecular complexity index is 487. The molecule has 1 amide bonds. The van der Waals surface area contributed by atoms with E-state index in [-0.39, 0.29) is 17.9 Å². The minimum absolute atomic E-state index is 0.0161. The van der Waals surface area contributed by atoms with Crippen LogP contribution in [0, 0.1) is 0 Å². The van der Waals surface area contributed by atoms with E-state index in [0.717, 1.165) is 4.90 Å². The number of hydrogen-bond acceptors (Lipinski definition) is 3. The van der Waals surface area contributed by atoms with Crippen LogP contribution in [0.4, 0.5) is 10.5 Å². The highest BCUT2D eigenvalue weighted by Crippen LogP contribution is 2.24. The van der Waals surface area contributed by atoms with E-state index in [1.165, 1.54) is 25.3 Å². The molecule has 0 saturated heterocycles. The average molecular weight is 314 g/mol. The molecule has 1 aromatic carbocycles. The summed E-state index contributed by atoms with van der Waals surface area (Å²) in [5, 5.41) is 9.08. The van der Waals surface area contributed by atoms with Gasteiger partial charge in [0.15, 0.2) is 0 Å². The Labute approximate surface area is 113 Å². The predicted molar refractivity (Wildman–Crippen MR) is 71.0 cm³/mol. The van der Waals surface area contributed by atoms with Crippen molar-refractivity contribution in [3.05, 3.63) is 40.9 Å². The second kappa shape index (κ2) is 6.20. The topological polar surface area (TPSA) is 66.8 Å². The molecule has 18 heavy (non-hydrogen) atoms. The van der Waals surface area contributed by atoms with Crippen molar-refractivity contribution in [1.82, 2.24) is 0 Å². The summed E-state index contributed by atoms with van der Waals surface area (Å²) < 4.78 is 5.46. The maximum atomic E-state index is 11.6. The Balaban J connectivity index is 3.04. The van der Waals surface area contributed by atoms with Gasteiger partial charge in [0.1, 0.15) is 6.61 Å². The van der Waals surface area contributed by atoms with Crippen LogP contribution in [0.2, 0.25) is 0 Å². The molecule has 1 rings (SSSR count). The number of ether oxygens (including phenoxy) is 1. The third kappa shape index (κ3) is 3.33. The molecule has 0 atom stereocenters. The maximum absolute atomic E-state index is 11.6. The summed E-state index contributed by atoms with van der Waals surface area (Å²) in [6, 6.07) is 4.61. The third-order valence-electron chi connectivity index (χ3n) is 2.15. The molecular formula is C12H12BrNO4. The number of aromatic carboxylic acids is 1. The number of carboxylic acids is 1. The molecule has 96 valence electrons. The van der Waals surface area contributed by atoms with Crippen LogP contribution in [0.5, 0.6) is 0 Å². The highest BCUT2D eigenvalue weighted by Gasteiger charge is 2.19.